The molecule has 0 bridgehead atoms. The number of esters is 1. The molecular formula is C25H18N2O4S. The monoisotopic (exact) mass is 442 g/mol. The second-order valence-electron chi connectivity index (χ2n) is 7.59. The van der Waals surface area contributed by atoms with Gasteiger partial charge in [-0.15, -0.1) is 11.3 Å². The lowest BCUT2D eigenvalue weighted by molar-refractivity contribution is 0.0702. The van der Waals surface area contributed by atoms with Crippen LogP contribution in [0.2, 0.25) is 0 Å². The standard InChI is InChI=1S/C25H18N2O4S/c1-13-5-8-19-17(10-13)14(2)23(30-19)25(28)29-15-6-7-16-20(11-15)31-24(27)18(12-26)22(16)21-4-3-9-32-21/h3-11,22H,27H2,1-2H3. The van der Waals surface area contributed by atoms with Crippen molar-refractivity contribution in [2.24, 2.45) is 5.73 Å². The number of thiophene rings is 1. The summed E-state index contributed by atoms with van der Waals surface area (Å²) in [5.41, 5.74) is 9.62. The first-order chi connectivity index (χ1) is 15.5. The van der Waals surface area contributed by atoms with Gasteiger partial charge in [0.25, 0.3) is 0 Å². The molecule has 32 heavy (non-hydrogen) atoms. The Balaban J connectivity index is 1.48. The Kier molecular flexibility index (Phi) is 4.72. The number of fused-ring (bicyclic) bond motifs is 2. The fourth-order valence-corrected chi connectivity index (χ4v) is 4.78. The highest BCUT2D eigenvalue weighted by Gasteiger charge is 2.32. The van der Waals surface area contributed by atoms with E-state index in [1.54, 1.807) is 18.2 Å². The van der Waals surface area contributed by atoms with Crippen molar-refractivity contribution >= 4 is 28.3 Å². The zero-order valence-electron chi connectivity index (χ0n) is 17.3. The fourth-order valence-electron chi connectivity index (χ4n) is 3.93. The third-order valence-corrected chi connectivity index (χ3v) is 6.44. The number of nitrogens with zero attached hydrogens (tertiary/aromatic N) is 1. The molecule has 2 aromatic heterocycles. The summed E-state index contributed by atoms with van der Waals surface area (Å²) in [7, 11) is 0. The van der Waals surface area contributed by atoms with Crippen LogP contribution in [0.5, 0.6) is 11.5 Å². The highest BCUT2D eigenvalue weighted by molar-refractivity contribution is 7.10. The topological polar surface area (TPSA) is 98.5 Å². The second-order valence-corrected chi connectivity index (χ2v) is 8.56. The summed E-state index contributed by atoms with van der Waals surface area (Å²) in [6, 6.07) is 16.9. The number of nitrogens with two attached hydrogens (primary N) is 1. The van der Waals surface area contributed by atoms with Gasteiger partial charge < -0.3 is 19.6 Å². The Bertz CT molecular complexity index is 1440. The zero-order valence-corrected chi connectivity index (χ0v) is 18.2. The Morgan fingerprint density at radius 2 is 2.03 bits per heavy atom. The SMILES string of the molecule is Cc1ccc2oc(C(=O)Oc3ccc4c(c3)OC(N)=C(C#N)C4c3cccs3)c(C)c2c1. The number of carbonyl (C=O) groups excluding carboxylic acids is 1. The molecule has 3 heterocycles. The van der Waals surface area contributed by atoms with Crippen molar-refractivity contribution in [2.75, 3.05) is 0 Å². The van der Waals surface area contributed by atoms with Gasteiger partial charge >= 0.3 is 5.97 Å². The summed E-state index contributed by atoms with van der Waals surface area (Å²) in [4.78, 5) is 13.8. The van der Waals surface area contributed by atoms with Gasteiger partial charge in [0.05, 0.1) is 5.92 Å². The molecule has 1 aliphatic rings. The van der Waals surface area contributed by atoms with Crippen LogP contribution in [0.25, 0.3) is 11.0 Å². The van der Waals surface area contributed by atoms with Crippen LogP contribution in [0.3, 0.4) is 0 Å². The Labute approximate surface area is 188 Å². The van der Waals surface area contributed by atoms with Crippen LogP contribution in [-0.2, 0) is 0 Å². The molecule has 2 aromatic carbocycles. The fraction of sp³-hybridized carbons (Fsp3) is 0.120. The molecule has 0 fully saturated rings. The summed E-state index contributed by atoms with van der Waals surface area (Å²) in [5, 5.41) is 12.4. The smallest absolute Gasteiger partial charge is 0.379 e. The Morgan fingerprint density at radius 3 is 2.78 bits per heavy atom. The van der Waals surface area contributed by atoms with E-state index in [1.807, 2.05) is 49.6 Å². The first-order valence-corrected chi connectivity index (χ1v) is 10.8. The molecule has 7 heteroatoms. The molecule has 1 aliphatic heterocycles. The molecule has 0 radical (unpaired) electrons. The first-order valence-electron chi connectivity index (χ1n) is 9.93. The average Bonchev–Trinajstić information content (AvgIpc) is 3.41. The molecule has 0 saturated heterocycles. The van der Waals surface area contributed by atoms with Crippen LogP contribution in [0, 0.1) is 25.2 Å². The predicted octanol–water partition coefficient (Wildman–Crippen LogP) is 5.55. The van der Waals surface area contributed by atoms with Gasteiger partial charge in [0.15, 0.2) is 0 Å². The minimum atomic E-state index is -0.594. The van der Waals surface area contributed by atoms with Gasteiger partial charge in [0.2, 0.25) is 11.6 Å². The summed E-state index contributed by atoms with van der Waals surface area (Å²) in [6.07, 6.45) is 0. The van der Waals surface area contributed by atoms with Crippen molar-refractivity contribution in [3.05, 3.63) is 92.7 Å². The Morgan fingerprint density at radius 1 is 1.19 bits per heavy atom. The second kappa shape index (κ2) is 7.59. The van der Waals surface area contributed by atoms with Crippen LogP contribution in [0.15, 0.2) is 69.8 Å². The lowest BCUT2D eigenvalue weighted by atomic mass is 9.88. The number of rotatable bonds is 3. The van der Waals surface area contributed by atoms with Crippen molar-refractivity contribution in [2.45, 2.75) is 19.8 Å². The number of carbonyl (C=O) groups is 1. The van der Waals surface area contributed by atoms with Crippen LogP contribution in [0.4, 0.5) is 0 Å². The van der Waals surface area contributed by atoms with Crippen molar-refractivity contribution in [1.82, 2.24) is 0 Å². The van der Waals surface area contributed by atoms with Crippen LogP contribution >= 0.6 is 11.3 Å². The summed E-state index contributed by atoms with van der Waals surface area (Å²) >= 11 is 1.54. The largest absolute Gasteiger partial charge is 0.449 e. The van der Waals surface area contributed by atoms with Crippen LogP contribution in [-0.4, -0.2) is 5.97 Å². The number of furan rings is 1. The van der Waals surface area contributed by atoms with E-state index in [0.29, 0.717) is 22.7 Å². The van der Waals surface area contributed by atoms with E-state index >= 15 is 0 Å². The molecule has 0 spiro atoms. The molecule has 0 aliphatic carbocycles. The van der Waals surface area contributed by atoms with E-state index in [0.717, 1.165) is 27.0 Å². The minimum absolute atomic E-state index is 0.0466. The van der Waals surface area contributed by atoms with Crippen LogP contribution in [0.1, 0.15) is 38.0 Å². The maximum absolute atomic E-state index is 12.8. The van der Waals surface area contributed by atoms with E-state index < -0.39 is 5.97 Å². The number of aryl methyl sites for hydroxylation is 2. The van der Waals surface area contributed by atoms with Crippen molar-refractivity contribution in [1.29, 1.82) is 5.26 Å². The van der Waals surface area contributed by atoms with Gasteiger partial charge in [-0.05, 0) is 43.5 Å². The van der Waals surface area contributed by atoms with Gasteiger partial charge in [0.1, 0.15) is 28.7 Å². The molecule has 158 valence electrons. The quantitative estimate of drug-likeness (QED) is 0.330. The van der Waals surface area contributed by atoms with Crippen LogP contribution < -0.4 is 15.2 Å². The third kappa shape index (κ3) is 3.22. The number of allylic oxidation sites excluding steroid dienone is 1. The molecule has 1 unspecified atom stereocenters. The van der Waals surface area contributed by atoms with E-state index in [4.69, 9.17) is 19.6 Å². The van der Waals surface area contributed by atoms with Gasteiger partial charge in [-0.2, -0.15) is 5.26 Å². The first kappa shape index (κ1) is 19.9. The van der Waals surface area contributed by atoms with Gasteiger partial charge in [0, 0.05) is 27.5 Å². The predicted molar refractivity (Wildman–Crippen MR) is 121 cm³/mol. The Hall–Kier alpha value is -4.02. The van der Waals surface area contributed by atoms with Gasteiger partial charge in [-0.25, -0.2) is 4.79 Å². The maximum atomic E-state index is 12.8. The number of hydrogen-bond donors (Lipinski definition) is 1. The summed E-state index contributed by atoms with van der Waals surface area (Å²) < 4.78 is 17.0. The number of ether oxygens (including phenoxy) is 2. The van der Waals surface area contributed by atoms with Crippen molar-refractivity contribution in [3.63, 3.8) is 0 Å². The minimum Gasteiger partial charge on any atom is -0.449 e. The normalized spacial score (nSPS) is 15.2. The maximum Gasteiger partial charge on any atom is 0.379 e. The number of benzene rings is 2. The highest BCUT2D eigenvalue weighted by atomic mass is 32.1. The molecule has 5 rings (SSSR count). The van der Waals surface area contributed by atoms with E-state index in [2.05, 4.69) is 6.07 Å². The highest BCUT2D eigenvalue weighted by Crippen LogP contribution is 2.44. The number of nitriles is 1. The van der Waals surface area contributed by atoms with E-state index in [9.17, 15) is 10.1 Å². The van der Waals surface area contributed by atoms with E-state index in [1.165, 1.54) is 11.3 Å². The van der Waals surface area contributed by atoms with Crippen molar-refractivity contribution < 1.29 is 18.7 Å². The number of hydrogen-bond acceptors (Lipinski definition) is 7. The third-order valence-electron chi connectivity index (χ3n) is 5.51. The molecule has 6 nitrogen and oxygen atoms in total. The molecular weight excluding hydrogens is 424 g/mol. The molecule has 4 aromatic rings. The molecule has 0 saturated carbocycles. The lowest BCUT2D eigenvalue weighted by Gasteiger charge is -2.25. The summed E-state index contributed by atoms with van der Waals surface area (Å²) in [5.74, 6) is 0.0276. The molecule has 0 amide bonds. The average molecular weight is 442 g/mol. The van der Waals surface area contributed by atoms with Gasteiger partial charge in [-0.3, -0.25) is 0 Å². The van der Waals surface area contributed by atoms with Gasteiger partial charge in [-0.1, -0.05) is 23.8 Å². The zero-order chi connectivity index (χ0) is 22.4. The summed E-state index contributed by atoms with van der Waals surface area (Å²) in [6.45, 7) is 3.82. The van der Waals surface area contributed by atoms with E-state index in [-0.39, 0.29) is 17.6 Å². The molecule has 2 N–H and O–H groups in total. The van der Waals surface area contributed by atoms with Crippen molar-refractivity contribution in [3.8, 4) is 17.6 Å². The lowest BCUT2D eigenvalue weighted by Crippen LogP contribution is -2.20. The molecule has 1 atom stereocenters.